The quantitative estimate of drug-likeness (QED) is 0.658. The first-order chi connectivity index (χ1) is 11.3. The Bertz CT molecular complexity index is 557. The number of likely N-dealkylation sites (N-methyl/N-ethyl adjacent to an activating group) is 1. The molecule has 3 heteroatoms. The van der Waals surface area contributed by atoms with Gasteiger partial charge in [-0.25, -0.2) is 0 Å². The molecule has 2 aromatic carbocycles. The van der Waals surface area contributed by atoms with Crippen molar-refractivity contribution in [3.8, 4) is 5.75 Å². The lowest BCUT2D eigenvalue weighted by Gasteiger charge is -2.18. The van der Waals surface area contributed by atoms with E-state index >= 15 is 0 Å². The molecule has 0 aromatic heterocycles. The molecule has 2 rings (SSSR count). The third kappa shape index (κ3) is 6.33. The molecule has 0 heterocycles. The molecule has 0 saturated carbocycles. The predicted molar refractivity (Wildman–Crippen MR) is 98.1 cm³/mol. The molecular weight excluding hydrogens is 284 g/mol. The molecule has 0 aliphatic carbocycles. The zero-order valence-corrected chi connectivity index (χ0v) is 14.3. The van der Waals surface area contributed by atoms with Crippen molar-refractivity contribution in [3.63, 3.8) is 0 Å². The van der Waals surface area contributed by atoms with Crippen LogP contribution in [-0.4, -0.2) is 31.6 Å². The maximum Gasteiger partial charge on any atom is 0.142 e. The number of para-hydroxylation sites is 2. The number of unbranched alkanes of at least 4 members (excludes halogenated alkanes) is 1. The van der Waals surface area contributed by atoms with E-state index < -0.39 is 0 Å². The van der Waals surface area contributed by atoms with Gasteiger partial charge < -0.3 is 15.0 Å². The minimum atomic E-state index is 0.781. The Labute approximate surface area is 140 Å². The van der Waals surface area contributed by atoms with Gasteiger partial charge in [-0.2, -0.15) is 0 Å². The van der Waals surface area contributed by atoms with Crippen LogP contribution in [0.5, 0.6) is 5.75 Å². The largest absolute Gasteiger partial charge is 0.491 e. The topological polar surface area (TPSA) is 24.5 Å². The molecule has 0 spiro atoms. The Kier molecular flexibility index (Phi) is 7.47. The molecule has 0 aliphatic rings. The lowest BCUT2D eigenvalue weighted by molar-refractivity contribution is 0.310. The molecule has 0 radical (unpaired) electrons. The number of nitrogens with zero attached hydrogens (tertiary/aromatic N) is 1. The summed E-state index contributed by atoms with van der Waals surface area (Å²) in [5.74, 6) is 0.951. The van der Waals surface area contributed by atoms with E-state index in [0.717, 1.165) is 50.5 Å². The van der Waals surface area contributed by atoms with Gasteiger partial charge in [-0.05, 0) is 31.2 Å². The molecular formula is C20H28N2O. The van der Waals surface area contributed by atoms with Gasteiger partial charge in [0.1, 0.15) is 5.75 Å². The number of rotatable bonds is 10. The molecule has 23 heavy (non-hydrogen) atoms. The highest BCUT2D eigenvalue weighted by molar-refractivity contribution is 5.56. The standard InChI is InChI=1S/C20H28N2O/c1-3-4-16-23-20-13-9-8-12-19(20)21-14-15-22(2)17-18-10-6-5-7-11-18/h5-13,21H,3-4,14-17H2,1-2H3. The van der Waals surface area contributed by atoms with E-state index in [9.17, 15) is 0 Å². The summed E-state index contributed by atoms with van der Waals surface area (Å²) in [5.41, 5.74) is 2.43. The fraction of sp³-hybridized carbons (Fsp3) is 0.400. The van der Waals surface area contributed by atoms with Gasteiger partial charge in [-0.15, -0.1) is 0 Å². The van der Waals surface area contributed by atoms with Gasteiger partial charge in [-0.3, -0.25) is 0 Å². The van der Waals surface area contributed by atoms with Crippen LogP contribution in [0.2, 0.25) is 0 Å². The van der Waals surface area contributed by atoms with Crippen LogP contribution >= 0.6 is 0 Å². The SMILES string of the molecule is CCCCOc1ccccc1NCCN(C)Cc1ccccc1. The minimum absolute atomic E-state index is 0.781. The summed E-state index contributed by atoms with van der Waals surface area (Å²) < 4.78 is 5.85. The van der Waals surface area contributed by atoms with Crippen molar-refractivity contribution in [2.45, 2.75) is 26.3 Å². The maximum absolute atomic E-state index is 5.85. The van der Waals surface area contributed by atoms with Crippen molar-refractivity contribution >= 4 is 5.69 Å². The molecule has 0 fully saturated rings. The molecule has 0 unspecified atom stereocenters. The van der Waals surface area contributed by atoms with E-state index in [0.29, 0.717) is 0 Å². The summed E-state index contributed by atoms with van der Waals surface area (Å²) in [7, 11) is 2.15. The summed E-state index contributed by atoms with van der Waals surface area (Å²) in [6.45, 7) is 5.81. The van der Waals surface area contributed by atoms with Gasteiger partial charge in [-0.1, -0.05) is 55.8 Å². The van der Waals surface area contributed by atoms with Crippen molar-refractivity contribution in [1.82, 2.24) is 4.90 Å². The lowest BCUT2D eigenvalue weighted by atomic mass is 10.2. The molecule has 0 aliphatic heterocycles. The van der Waals surface area contributed by atoms with Crippen molar-refractivity contribution in [1.29, 1.82) is 0 Å². The Morgan fingerprint density at radius 1 is 1.00 bits per heavy atom. The second kappa shape index (κ2) is 9.90. The van der Waals surface area contributed by atoms with Gasteiger partial charge in [0, 0.05) is 19.6 Å². The van der Waals surface area contributed by atoms with Crippen LogP contribution in [0.3, 0.4) is 0 Å². The zero-order chi connectivity index (χ0) is 16.3. The van der Waals surface area contributed by atoms with Gasteiger partial charge in [0.2, 0.25) is 0 Å². The lowest BCUT2D eigenvalue weighted by Crippen LogP contribution is -2.24. The number of anilines is 1. The van der Waals surface area contributed by atoms with Gasteiger partial charge in [0.05, 0.1) is 12.3 Å². The molecule has 2 aromatic rings. The first-order valence-electron chi connectivity index (χ1n) is 8.47. The smallest absolute Gasteiger partial charge is 0.142 e. The maximum atomic E-state index is 5.85. The molecule has 0 bridgehead atoms. The average Bonchev–Trinajstić information content (AvgIpc) is 2.57. The predicted octanol–water partition coefficient (Wildman–Crippen LogP) is 4.41. The normalized spacial score (nSPS) is 10.7. The van der Waals surface area contributed by atoms with Crippen molar-refractivity contribution < 1.29 is 4.74 Å². The van der Waals surface area contributed by atoms with Crippen LogP contribution in [0.1, 0.15) is 25.3 Å². The second-order valence-corrected chi connectivity index (χ2v) is 5.85. The molecule has 0 atom stereocenters. The van der Waals surface area contributed by atoms with Crippen LogP contribution in [0.4, 0.5) is 5.69 Å². The fourth-order valence-electron chi connectivity index (χ4n) is 2.42. The monoisotopic (exact) mass is 312 g/mol. The molecule has 124 valence electrons. The van der Waals surface area contributed by atoms with Gasteiger partial charge >= 0.3 is 0 Å². The molecule has 0 amide bonds. The Balaban J connectivity index is 1.77. The van der Waals surface area contributed by atoms with Gasteiger partial charge in [0.25, 0.3) is 0 Å². The first kappa shape index (κ1) is 17.4. The van der Waals surface area contributed by atoms with E-state index in [-0.39, 0.29) is 0 Å². The van der Waals surface area contributed by atoms with Crippen molar-refractivity contribution in [2.75, 3.05) is 32.1 Å². The van der Waals surface area contributed by atoms with Crippen LogP contribution in [0.15, 0.2) is 54.6 Å². The number of nitrogens with one attached hydrogen (secondary N) is 1. The Morgan fingerprint density at radius 3 is 2.52 bits per heavy atom. The number of benzene rings is 2. The minimum Gasteiger partial charge on any atom is -0.491 e. The van der Waals surface area contributed by atoms with Crippen molar-refractivity contribution in [2.24, 2.45) is 0 Å². The van der Waals surface area contributed by atoms with E-state index in [2.05, 4.69) is 60.6 Å². The third-order valence-electron chi connectivity index (χ3n) is 3.75. The van der Waals surface area contributed by atoms with Crippen LogP contribution in [0.25, 0.3) is 0 Å². The highest BCUT2D eigenvalue weighted by Gasteiger charge is 2.04. The first-order valence-corrected chi connectivity index (χ1v) is 8.47. The Morgan fingerprint density at radius 2 is 1.74 bits per heavy atom. The summed E-state index contributed by atoms with van der Waals surface area (Å²) in [6.07, 6.45) is 2.24. The number of ether oxygens (including phenoxy) is 1. The van der Waals surface area contributed by atoms with Gasteiger partial charge in [0.15, 0.2) is 0 Å². The fourth-order valence-corrected chi connectivity index (χ4v) is 2.42. The zero-order valence-electron chi connectivity index (χ0n) is 14.3. The summed E-state index contributed by atoms with van der Waals surface area (Å²) in [6, 6.07) is 18.7. The molecule has 0 saturated heterocycles. The summed E-state index contributed by atoms with van der Waals surface area (Å²) in [5, 5.41) is 3.49. The van der Waals surface area contributed by atoms with E-state index in [1.165, 1.54) is 5.56 Å². The van der Waals surface area contributed by atoms with E-state index in [1.807, 2.05) is 18.2 Å². The van der Waals surface area contributed by atoms with Crippen LogP contribution < -0.4 is 10.1 Å². The second-order valence-electron chi connectivity index (χ2n) is 5.85. The van der Waals surface area contributed by atoms with Crippen LogP contribution in [0, 0.1) is 0 Å². The highest BCUT2D eigenvalue weighted by Crippen LogP contribution is 2.23. The van der Waals surface area contributed by atoms with Crippen molar-refractivity contribution in [3.05, 3.63) is 60.2 Å². The highest BCUT2D eigenvalue weighted by atomic mass is 16.5. The average molecular weight is 312 g/mol. The molecule has 1 N–H and O–H groups in total. The number of hydrogen-bond acceptors (Lipinski definition) is 3. The number of hydrogen-bond donors (Lipinski definition) is 1. The molecule has 3 nitrogen and oxygen atoms in total. The summed E-state index contributed by atoms with van der Waals surface area (Å²) in [4.78, 5) is 2.32. The van der Waals surface area contributed by atoms with E-state index in [4.69, 9.17) is 4.74 Å². The third-order valence-corrected chi connectivity index (χ3v) is 3.75. The van der Waals surface area contributed by atoms with E-state index in [1.54, 1.807) is 0 Å². The van der Waals surface area contributed by atoms with Crippen LogP contribution in [-0.2, 0) is 6.54 Å². The summed E-state index contributed by atoms with van der Waals surface area (Å²) >= 11 is 0. The Hall–Kier alpha value is -2.00.